The van der Waals surface area contributed by atoms with E-state index < -0.39 is 0 Å². The van der Waals surface area contributed by atoms with Crippen LogP contribution in [0.2, 0.25) is 0 Å². The van der Waals surface area contributed by atoms with Gasteiger partial charge < -0.3 is 18.0 Å². The molecule has 0 aliphatic rings. The Kier molecular flexibility index (Phi) is 13.0. The van der Waals surface area contributed by atoms with E-state index in [1.165, 1.54) is 0 Å². The van der Waals surface area contributed by atoms with Gasteiger partial charge >= 0.3 is 0 Å². The van der Waals surface area contributed by atoms with Gasteiger partial charge in [0.25, 0.3) is 0 Å². The molecule has 466 valence electrons. The van der Waals surface area contributed by atoms with Crippen LogP contribution in [-0.2, 0) is 0 Å². The predicted octanol–water partition coefficient (Wildman–Crippen LogP) is 23.1. The van der Waals surface area contributed by atoms with Crippen molar-refractivity contribution in [2.45, 2.75) is 0 Å². The van der Waals surface area contributed by atoms with E-state index in [1.54, 1.807) is 0 Å². The molecule has 0 unspecified atom stereocenters. The monoisotopic (exact) mass is 1280 g/mol. The van der Waals surface area contributed by atoms with Crippen LogP contribution in [0.25, 0.3) is 201 Å². The largest absolute Gasteiger partial charge is 0.455 e. The van der Waals surface area contributed by atoms with E-state index in [0.29, 0.717) is 34.9 Å². The Balaban J connectivity index is 0.871. The van der Waals surface area contributed by atoms with Crippen LogP contribution in [0.15, 0.2) is 336 Å². The zero-order chi connectivity index (χ0) is 65.8. The highest BCUT2D eigenvalue weighted by molar-refractivity contribution is 6.26. The maximum Gasteiger partial charge on any atom is 0.166 e. The maximum atomic E-state index is 6.89. The molecular weight excluding hydrogens is 1230 g/mol. The summed E-state index contributed by atoms with van der Waals surface area (Å²) in [5.74, 6) is 3.23. The summed E-state index contributed by atoms with van der Waals surface area (Å²) in [6.45, 7) is 0. The molecule has 100 heavy (non-hydrogen) atoms. The standard InChI is InChI=1S/C90H54N8O2/c1-5-27-55(28-6-1)85-91-86(56-29-7-2-8-30-56)94-89(93-85)81-65(43-25-47-73(81)97-71-45-21-17-41-69(71)79-75(97)53-51-67-63-39-19-23-49-77(63)99-83(67)79)61-37-15-13-35-59(61)60-36-14-16-38-62(60)66-44-26-48-74(82(66)90-95-87(57-31-9-3-10-32-57)92-88(96-90)58-33-11-4-12-34-58)98-72-46-22-18-42-70(72)80-76(98)54-52-68-64-40-20-24-50-78(64)100-84(68)80/h1-54H. The molecule has 6 aromatic heterocycles. The van der Waals surface area contributed by atoms with Crippen LogP contribution in [0.3, 0.4) is 0 Å². The van der Waals surface area contributed by atoms with Crippen molar-refractivity contribution < 1.29 is 8.83 Å². The van der Waals surface area contributed by atoms with Crippen LogP contribution in [0.1, 0.15) is 0 Å². The fourth-order valence-electron chi connectivity index (χ4n) is 15.1. The summed E-state index contributed by atoms with van der Waals surface area (Å²) in [6.07, 6.45) is 0. The van der Waals surface area contributed by atoms with Crippen molar-refractivity contribution >= 4 is 87.5 Å². The van der Waals surface area contributed by atoms with Gasteiger partial charge in [-0.25, -0.2) is 29.9 Å². The number of hydrogen-bond acceptors (Lipinski definition) is 8. The van der Waals surface area contributed by atoms with Gasteiger partial charge in [-0.05, 0) is 94.0 Å². The summed E-state index contributed by atoms with van der Waals surface area (Å²) in [7, 11) is 0. The highest BCUT2D eigenvalue weighted by atomic mass is 16.3. The van der Waals surface area contributed by atoms with Crippen molar-refractivity contribution in [3.63, 3.8) is 0 Å². The minimum absolute atomic E-state index is 0.511. The number of hydrogen-bond donors (Lipinski definition) is 0. The van der Waals surface area contributed by atoms with Gasteiger partial charge in [-0.3, -0.25) is 0 Å². The highest BCUT2D eigenvalue weighted by Gasteiger charge is 2.29. The van der Waals surface area contributed by atoms with Crippen molar-refractivity contribution in [1.29, 1.82) is 0 Å². The molecule has 20 rings (SSSR count). The second-order valence-corrected chi connectivity index (χ2v) is 25.1. The molecule has 0 saturated carbocycles. The first kappa shape index (κ1) is 56.6. The number of furan rings is 2. The first-order chi connectivity index (χ1) is 49.6. The third-order valence-electron chi connectivity index (χ3n) is 19.5. The molecular formula is C90H54N8O2. The Morgan fingerprint density at radius 3 is 0.860 bits per heavy atom. The van der Waals surface area contributed by atoms with Crippen molar-refractivity contribution in [3.05, 3.63) is 328 Å². The third kappa shape index (κ3) is 9.05. The van der Waals surface area contributed by atoms with Crippen LogP contribution in [0.4, 0.5) is 0 Å². The van der Waals surface area contributed by atoms with Gasteiger partial charge in [-0.2, -0.15) is 0 Å². The summed E-state index contributed by atoms with van der Waals surface area (Å²) in [5, 5.41) is 8.42. The zero-order valence-electron chi connectivity index (χ0n) is 53.6. The zero-order valence-corrected chi connectivity index (χ0v) is 53.6. The van der Waals surface area contributed by atoms with Gasteiger partial charge in [-0.15, -0.1) is 0 Å². The Labute approximate surface area is 572 Å². The van der Waals surface area contributed by atoms with Gasteiger partial charge in [0.05, 0.1) is 55.3 Å². The summed E-state index contributed by atoms with van der Waals surface area (Å²) < 4.78 is 18.5. The lowest BCUT2D eigenvalue weighted by atomic mass is 9.86. The molecule has 10 nitrogen and oxygen atoms in total. The Morgan fingerprint density at radius 1 is 0.200 bits per heavy atom. The van der Waals surface area contributed by atoms with Gasteiger partial charge in [0.1, 0.15) is 22.3 Å². The van der Waals surface area contributed by atoms with Crippen molar-refractivity contribution in [2.75, 3.05) is 0 Å². The fourth-order valence-corrected chi connectivity index (χ4v) is 15.1. The molecule has 6 heterocycles. The number of rotatable bonds is 11. The van der Waals surface area contributed by atoms with E-state index >= 15 is 0 Å². The quantitative estimate of drug-likeness (QED) is 0.126. The van der Waals surface area contributed by atoms with Crippen molar-refractivity contribution in [3.8, 4) is 113 Å². The first-order valence-electron chi connectivity index (χ1n) is 33.5. The third-order valence-corrected chi connectivity index (χ3v) is 19.5. The summed E-state index contributed by atoms with van der Waals surface area (Å²) in [6, 6.07) is 114. The lowest BCUT2D eigenvalue weighted by molar-refractivity contribution is 0.672. The van der Waals surface area contributed by atoms with Crippen molar-refractivity contribution in [2.24, 2.45) is 0 Å². The Morgan fingerprint density at radius 2 is 0.490 bits per heavy atom. The second kappa shape index (κ2) is 23.0. The van der Waals surface area contributed by atoms with Crippen LogP contribution >= 0.6 is 0 Å². The highest BCUT2D eigenvalue weighted by Crippen LogP contribution is 2.50. The first-order valence-corrected chi connectivity index (χ1v) is 33.5. The van der Waals surface area contributed by atoms with Gasteiger partial charge in [0.15, 0.2) is 34.9 Å². The van der Waals surface area contributed by atoms with Crippen LogP contribution in [-0.4, -0.2) is 39.0 Å². The van der Waals surface area contributed by atoms with Gasteiger partial charge in [0, 0.05) is 54.6 Å². The van der Waals surface area contributed by atoms with Gasteiger partial charge in [-0.1, -0.05) is 267 Å². The molecule has 20 aromatic rings. The number of fused-ring (bicyclic) bond motifs is 14. The van der Waals surface area contributed by atoms with E-state index in [0.717, 1.165) is 166 Å². The lowest BCUT2D eigenvalue weighted by Gasteiger charge is -2.22. The van der Waals surface area contributed by atoms with Crippen LogP contribution in [0, 0.1) is 0 Å². The van der Waals surface area contributed by atoms with E-state index in [2.05, 4.69) is 240 Å². The van der Waals surface area contributed by atoms with Crippen LogP contribution < -0.4 is 0 Å². The predicted molar refractivity (Wildman–Crippen MR) is 405 cm³/mol. The number of para-hydroxylation sites is 4. The molecule has 14 aromatic carbocycles. The van der Waals surface area contributed by atoms with Crippen molar-refractivity contribution in [1.82, 2.24) is 39.0 Å². The second-order valence-electron chi connectivity index (χ2n) is 25.1. The molecule has 0 atom stereocenters. The normalized spacial score (nSPS) is 11.8. The average Bonchev–Trinajstić information content (AvgIpc) is 1.53. The summed E-state index contributed by atoms with van der Waals surface area (Å²) in [5.41, 5.74) is 19.9. The number of benzene rings is 14. The maximum absolute atomic E-state index is 6.89. The molecule has 0 fully saturated rings. The van der Waals surface area contributed by atoms with E-state index in [9.17, 15) is 0 Å². The fraction of sp³-hybridized carbons (Fsp3) is 0. The molecule has 0 aliphatic carbocycles. The smallest absolute Gasteiger partial charge is 0.166 e. The molecule has 10 heteroatoms. The lowest BCUT2D eigenvalue weighted by Crippen LogP contribution is -2.06. The van der Waals surface area contributed by atoms with E-state index in [4.69, 9.17) is 38.7 Å². The van der Waals surface area contributed by atoms with Crippen LogP contribution in [0.5, 0.6) is 0 Å². The Hall–Kier alpha value is -13.7. The molecule has 0 radical (unpaired) electrons. The van der Waals surface area contributed by atoms with E-state index in [-0.39, 0.29) is 0 Å². The van der Waals surface area contributed by atoms with Gasteiger partial charge in [0.2, 0.25) is 0 Å². The number of nitrogens with zero attached hydrogens (tertiary/aromatic N) is 8. The Bertz CT molecular complexity index is 6140. The molecule has 0 spiro atoms. The molecule has 0 N–H and O–H groups in total. The molecule has 0 saturated heterocycles. The SMILES string of the molecule is c1ccc(-c2nc(-c3ccccc3)nc(-c3c(-c4ccccc4-c4ccccc4-c4cccc(-n5c6ccccc6c6c7oc8ccccc8c7ccc65)c4-c4nc(-c5ccccc5)nc(-c5ccccc5)n4)cccc3-n3c4ccccc4c4c5oc6ccccc6c5ccc43)n2)cc1. The summed E-state index contributed by atoms with van der Waals surface area (Å²) >= 11 is 0. The number of aromatic nitrogens is 8. The minimum atomic E-state index is 0.511. The molecule has 0 aliphatic heterocycles. The molecule has 0 amide bonds. The average molecular weight is 1280 g/mol. The minimum Gasteiger partial charge on any atom is -0.455 e. The summed E-state index contributed by atoms with van der Waals surface area (Å²) in [4.78, 5) is 32.9. The topological polar surface area (TPSA) is 113 Å². The molecule has 0 bridgehead atoms. The van der Waals surface area contributed by atoms with E-state index in [1.807, 2.05) is 97.1 Å².